The Balaban J connectivity index is 2.35. The van der Waals surface area contributed by atoms with Gasteiger partial charge in [0.1, 0.15) is 0 Å². The summed E-state index contributed by atoms with van der Waals surface area (Å²) in [4.78, 5) is 12.6. The van der Waals surface area contributed by atoms with Gasteiger partial charge in [0, 0.05) is 33.0 Å². The van der Waals surface area contributed by atoms with Crippen LogP contribution in [-0.4, -0.2) is 43.9 Å². The topological polar surface area (TPSA) is 32.3 Å². The maximum atomic E-state index is 13.1. The molecular formula is C9H16F2N2O. The molecule has 14 heavy (non-hydrogen) atoms. The van der Waals surface area contributed by atoms with E-state index in [1.165, 1.54) is 4.90 Å². The molecule has 1 saturated heterocycles. The van der Waals surface area contributed by atoms with Crippen LogP contribution >= 0.6 is 0 Å². The number of amides is 1. The van der Waals surface area contributed by atoms with Gasteiger partial charge in [-0.3, -0.25) is 4.79 Å². The largest absolute Gasteiger partial charge is 0.349 e. The standard InChI is InChI=1S/C9H16F2N2O/c1-13(2)8(14)4-3-7-5-12-6-9(7,10)11/h7,12H,3-6H2,1-2H3. The molecule has 3 nitrogen and oxygen atoms in total. The fourth-order valence-corrected chi connectivity index (χ4v) is 1.54. The molecule has 0 aromatic carbocycles. The Bertz CT molecular complexity index is 219. The zero-order valence-electron chi connectivity index (χ0n) is 8.52. The summed E-state index contributed by atoms with van der Waals surface area (Å²) in [7, 11) is 3.26. The maximum absolute atomic E-state index is 13.1. The summed E-state index contributed by atoms with van der Waals surface area (Å²) in [6, 6.07) is 0. The third kappa shape index (κ3) is 2.64. The molecule has 82 valence electrons. The average molecular weight is 206 g/mol. The van der Waals surface area contributed by atoms with Gasteiger partial charge in [-0.05, 0) is 6.42 Å². The summed E-state index contributed by atoms with van der Waals surface area (Å²) >= 11 is 0. The van der Waals surface area contributed by atoms with Gasteiger partial charge >= 0.3 is 0 Å². The lowest BCUT2D eigenvalue weighted by atomic mass is 9.99. The number of carbonyl (C=O) groups excluding carboxylic acids is 1. The van der Waals surface area contributed by atoms with Crippen LogP contribution < -0.4 is 5.32 Å². The molecule has 1 unspecified atom stereocenters. The van der Waals surface area contributed by atoms with Crippen molar-refractivity contribution < 1.29 is 13.6 Å². The lowest BCUT2D eigenvalue weighted by molar-refractivity contribution is -0.129. The summed E-state index contributed by atoms with van der Waals surface area (Å²) in [6.45, 7) is 0.0571. The van der Waals surface area contributed by atoms with Gasteiger partial charge < -0.3 is 10.2 Å². The first-order valence-corrected chi connectivity index (χ1v) is 4.72. The van der Waals surface area contributed by atoms with Crippen LogP contribution in [0.5, 0.6) is 0 Å². The number of halogens is 2. The Morgan fingerprint density at radius 3 is 2.64 bits per heavy atom. The number of rotatable bonds is 3. The van der Waals surface area contributed by atoms with E-state index in [-0.39, 0.29) is 25.3 Å². The third-order valence-corrected chi connectivity index (χ3v) is 2.55. The van der Waals surface area contributed by atoms with E-state index in [0.717, 1.165) is 0 Å². The Morgan fingerprint density at radius 1 is 1.57 bits per heavy atom. The smallest absolute Gasteiger partial charge is 0.264 e. The molecule has 0 aliphatic carbocycles. The summed E-state index contributed by atoms with van der Waals surface area (Å²) in [5.41, 5.74) is 0. The Kier molecular flexibility index (Phi) is 3.42. The van der Waals surface area contributed by atoms with Crippen molar-refractivity contribution in [3.63, 3.8) is 0 Å². The minimum atomic E-state index is -2.65. The Morgan fingerprint density at radius 2 is 2.21 bits per heavy atom. The fourth-order valence-electron chi connectivity index (χ4n) is 1.54. The molecule has 0 radical (unpaired) electrons. The molecular weight excluding hydrogens is 190 g/mol. The summed E-state index contributed by atoms with van der Waals surface area (Å²) in [5.74, 6) is -3.42. The molecule has 1 aliphatic rings. The van der Waals surface area contributed by atoms with E-state index in [1.807, 2.05) is 0 Å². The van der Waals surface area contributed by atoms with Gasteiger partial charge in [-0.2, -0.15) is 0 Å². The van der Waals surface area contributed by atoms with Crippen molar-refractivity contribution in [2.24, 2.45) is 5.92 Å². The van der Waals surface area contributed by atoms with Crippen molar-refractivity contribution in [1.29, 1.82) is 0 Å². The number of alkyl halides is 2. The second kappa shape index (κ2) is 4.21. The molecule has 1 amide bonds. The number of nitrogens with zero attached hydrogens (tertiary/aromatic N) is 1. The van der Waals surface area contributed by atoms with E-state index in [1.54, 1.807) is 14.1 Å². The van der Waals surface area contributed by atoms with Crippen LogP contribution in [0.25, 0.3) is 0 Å². The fraction of sp³-hybridized carbons (Fsp3) is 0.889. The van der Waals surface area contributed by atoms with Gasteiger partial charge in [-0.1, -0.05) is 0 Å². The maximum Gasteiger partial charge on any atom is 0.264 e. The predicted molar refractivity (Wildman–Crippen MR) is 49.2 cm³/mol. The zero-order valence-corrected chi connectivity index (χ0v) is 8.52. The highest BCUT2D eigenvalue weighted by Crippen LogP contribution is 2.31. The van der Waals surface area contributed by atoms with Gasteiger partial charge in [0.05, 0.1) is 6.54 Å². The molecule has 0 saturated carbocycles. The van der Waals surface area contributed by atoms with Gasteiger partial charge in [0.15, 0.2) is 0 Å². The monoisotopic (exact) mass is 206 g/mol. The quantitative estimate of drug-likeness (QED) is 0.737. The third-order valence-electron chi connectivity index (χ3n) is 2.55. The highest BCUT2D eigenvalue weighted by Gasteiger charge is 2.43. The van der Waals surface area contributed by atoms with Crippen LogP contribution in [0.4, 0.5) is 8.78 Å². The molecule has 0 bridgehead atoms. The van der Waals surface area contributed by atoms with Gasteiger partial charge in [0.25, 0.3) is 5.92 Å². The number of carbonyl (C=O) groups is 1. The van der Waals surface area contributed by atoms with Crippen LogP contribution in [0.3, 0.4) is 0 Å². The van der Waals surface area contributed by atoms with Crippen LogP contribution in [-0.2, 0) is 4.79 Å². The lowest BCUT2D eigenvalue weighted by Gasteiger charge is -2.18. The first-order chi connectivity index (χ1) is 6.43. The summed E-state index contributed by atoms with van der Waals surface area (Å²) in [5, 5.41) is 2.64. The highest BCUT2D eigenvalue weighted by molar-refractivity contribution is 5.75. The average Bonchev–Trinajstić information content (AvgIpc) is 2.40. The number of nitrogens with one attached hydrogen (secondary N) is 1. The second-order valence-corrected chi connectivity index (χ2v) is 3.92. The van der Waals surface area contributed by atoms with E-state index in [2.05, 4.69) is 5.32 Å². The van der Waals surface area contributed by atoms with Gasteiger partial charge in [-0.25, -0.2) is 8.78 Å². The van der Waals surface area contributed by atoms with Crippen LogP contribution in [0.1, 0.15) is 12.8 Å². The minimum Gasteiger partial charge on any atom is -0.349 e. The first-order valence-electron chi connectivity index (χ1n) is 4.72. The van der Waals surface area contributed by atoms with Crippen LogP contribution in [0.2, 0.25) is 0 Å². The molecule has 1 heterocycles. The highest BCUT2D eigenvalue weighted by atomic mass is 19.3. The molecule has 1 rings (SSSR count). The number of hydrogen-bond acceptors (Lipinski definition) is 2. The minimum absolute atomic E-state index is 0.0901. The second-order valence-electron chi connectivity index (χ2n) is 3.92. The summed E-state index contributed by atoms with van der Waals surface area (Å²) < 4.78 is 26.1. The SMILES string of the molecule is CN(C)C(=O)CCC1CNCC1(F)F. The van der Waals surface area contributed by atoms with Crippen molar-refractivity contribution in [3.05, 3.63) is 0 Å². The van der Waals surface area contributed by atoms with Crippen molar-refractivity contribution in [2.75, 3.05) is 27.2 Å². The van der Waals surface area contributed by atoms with Crippen molar-refractivity contribution >= 4 is 5.91 Å². The molecule has 1 N–H and O–H groups in total. The normalized spacial score (nSPS) is 25.0. The van der Waals surface area contributed by atoms with Crippen molar-refractivity contribution in [2.45, 2.75) is 18.8 Å². The van der Waals surface area contributed by atoms with Gasteiger partial charge in [-0.15, -0.1) is 0 Å². The molecule has 1 atom stereocenters. The van der Waals surface area contributed by atoms with E-state index < -0.39 is 11.8 Å². The molecule has 0 aromatic heterocycles. The van der Waals surface area contributed by atoms with E-state index in [0.29, 0.717) is 6.54 Å². The van der Waals surface area contributed by atoms with Crippen LogP contribution in [0.15, 0.2) is 0 Å². The van der Waals surface area contributed by atoms with Gasteiger partial charge in [0.2, 0.25) is 5.91 Å². The Hall–Kier alpha value is -0.710. The number of hydrogen-bond donors (Lipinski definition) is 1. The van der Waals surface area contributed by atoms with Crippen LogP contribution in [0, 0.1) is 5.92 Å². The Labute approximate surface area is 82.5 Å². The predicted octanol–water partition coefficient (Wildman–Crippen LogP) is 0.709. The first kappa shape index (κ1) is 11.4. The molecule has 1 aliphatic heterocycles. The van der Waals surface area contributed by atoms with E-state index >= 15 is 0 Å². The molecule has 5 heteroatoms. The molecule has 0 aromatic rings. The van der Waals surface area contributed by atoms with E-state index in [9.17, 15) is 13.6 Å². The van der Waals surface area contributed by atoms with Crippen molar-refractivity contribution in [3.8, 4) is 0 Å². The zero-order chi connectivity index (χ0) is 10.8. The lowest BCUT2D eigenvalue weighted by Crippen LogP contribution is -2.29. The van der Waals surface area contributed by atoms with E-state index in [4.69, 9.17) is 0 Å². The summed E-state index contributed by atoms with van der Waals surface area (Å²) in [6.07, 6.45) is 0.464. The molecule has 0 spiro atoms. The molecule has 1 fully saturated rings. The van der Waals surface area contributed by atoms with Crippen molar-refractivity contribution in [1.82, 2.24) is 10.2 Å².